The van der Waals surface area contributed by atoms with Gasteiger partial charge in [-0.3, -0.25) is 0 Å². The SMILES string of the molecule is Br/C=C/Sc1ccsc1. The summed E-state index contributed by atoms with van der Waals surface area (Å²) in [4.78, 5) is 3.16. The fraction of sp³-hybridized carbons (Fsp3) is 0. The van der Waals surface area contributed by atoms with Crippen LogP contribution >= 0.6 is 39.0 Å². The standard InChI is InChI=1S/C6H5BrS2/c7-2-4-9-6-1-3-8-5-6/h1-5H/b4-2+. The van der Waals surface area contributed by atoms with E-state index in [2.05, 4.69) is 32.8 Å². The van der Waals surface area contributed by atoms with E-state index in [-0.39, 0.29) is 0 Å². The van der Waals surface area contributed by atoms with E-state index in [9.17, 15) is 0 Å². The molecule has 1 aromatic heterocycles. The molecule has 0 amide bonds. The molecule has 1 aromatic rings. The smallest absolute Gasteiger partial charge is 0.0223 e. The van der Waals surface area contributed by atoms with Gasteiger partial charge in [-0.05, 0) is 21.8 Å². The first-order chi connectivity index (χ1) is 4.43. The van der Waals surface area contributed by atoms with Gasteiger partial charge in [0, 0.05) is 10.3 Å². The summed E-state index contributed by atoms with van der Waals surface area (Å²) in [6.07, 6.45) is 0. The lowest BCUT2D eigenvalue weighted by atomic mass is 10.7. The van der Waals surface area contributed by atoms with E-state index >= 15 is 0 Å². The third kappa shape index (κ3) is 2.56. The summed E-state index contributed by atoms with van der Waals surface area (Å²) in [6.45, 7) is 0. The summed E-state index contributed by atoms with van der Waals surface area (Å²) in [5.41, 5.74) is 0. The van der Waals surface area contributed by atoms with Gasteiger partial charge >= 0.3 is 0 Å². The van der Waals surface area contributed by atoms with E-state index in [4.69, 9.17) is 0 Å². The lowest BCUT2D eigenvalue weighted by Crippen LogP contribution is -1.50. The number of halogens is 1. The number of hydrogen-bond acceptors (Lipinski definition) is 2. The minimum absolute atomic E-state index is 1.30. The fourth-order valence-corrected chi connectivity index (χ4v) is 2.09. The van der Waals surface area contributed by atoms with Crippen molar-refractivity contribution in [3.05, 3.63) is 27.2 Å². The first-order valence-electron chi connectivity index (χ1n) is 2.37. The van der Waals surface area contributed by atoms with Crippen LogP contribution in [-0.4, -0.2) is 0 Å². The molecule has 1 rings (SSSR count). The van der Waals surface area contributed by atoms with Crippen molar-refractivity contribution in [2.75, 3.05) is 0 Å². The number of hydrogen-bond donors (Lipinski definition) is 0. The van der Waals surface area contributed by atoms with Gasteiger partial charge in [-0.15, -0.1) is 0 Å². The van der Waals surface area contributed by atoms with Gasteiger partial charge < -0.3 is 0 Å². The molecule has 0 saturated carbocycles. The Bertz CT molecular complexity index is 179. The summed E-state index contributed by atoms with van der Waals surface area (Å²) in [6, 6.07) is 2.10. The van der Waals surface area contributed by atoms with Crippen LogP contribution in [0, 0.1) is 0 Å². The van der Waals surface area contributed by atoms with Crippen LogP contribution in [0.15, 0.2) is 32.1 Å². The van der Waals surface area contributed by atoms with Crippen molar-refractivity contribution in [1.82, 2.24) is 0 Å². The average Bonchev–Trinajstić information content (AvgIpc) is 2.34. The zero-order valence-electron chi connectivity index (χ0n) is 4.58. The molecule has 0 fully saturated rings. The molecule has 0 aliphatic rings. The Balaban J connectivity index is 2.48. The van der Waals surface area contributed by atoms with Crippen LogP contribution in [0.2, 0.25) is 0 Å². The van der Waals surface area contributed by atoms with Gasteiger partial charge in [-0.2, -0.15) is 11.3 Å². The second-order valence-corrected chi connectivity index (χ2v) is 3.63. The molecule has 0 saturated heterocycles. The van der Waals surface area contributed by atoms with Gasteiger partial charge in [0.15, 0.2) is 0 Å². The van der Waals surface area contributed by atoms with E-state index in [1.54, 1.807) is 23.1 Å². The molecule has 0 aliphatic heterocycles. The monoisotopic (exact) mass is 220 g/mol. The van der Waals surface area contributed by atoms with Crippen LogP contribution in [-0.2, 0) is 0 Å². The van der Waals surface area contributed by atoms with E-state index < -0.39 is 0 Å². The predicted molar refractivity (Wildman–Crippen MR) is 48.2 cm³/mol. The zero-order valence-corrected chi connectivity index (χ0v) is 7.80. The maximum absolute atomic E-state index is 3.20. The minimum atomic E-state index is 1.30. The molecule has 0 atom stereocenters. The van der Waals surface area contributed by atoms with Crippen molar-refractivity contribution in [3.8, 4) is 0 Å². The van der Waals surface area contributed by atoms with Crippen LogP contribution < -0.4 is 0 Å². The van der Waals surface area contributed by atoms with Crippen molar-refractivity contribution in [2.45, 2.75) is 4.90 Å². The van der Waals surface area contributed by atoms with E-state index in [1.807, 2.05) is 10.4 Å². The maximum atomic E-state index is 3.20. The largest absolute Gasteiger partial charge is 0.151 e. The molecule has 0 nitrogen and oxygen atoms in total. The highest BCUT2D eigenvalue weighted by atomic mass is 79.9. The number of thioether (sulfide) groups is 1. The summed E-state index contributed by atoms with van der Waals surface area (Å²) in [7, 11) is 0. The van der Waals surface area contributed by atoms with Crippen molar-refractivity contribution in [3.63, 3.8) is 0 Å². The molecule has 3 heteroatoms. The van der Waals surface area contributed by atoms with Crippen LogP contribution in [0.5, 0.6) is 0 Å². The Morgan fingerprint density at radius 1 is 1.67 bits per heavy atom. The van der Waals surface area contributed by atoms with Crippen LogP contribution in [0.3, 0.4) is 0 Å². The third-order valence-electron chi connectivity index (χ3n) is 0.751. The van der Waals surface area contributed by atoms with Gasteiger partial charge in [0.2, 0.25) is 0 Å². The second kappa shape index (κ2) is 4.14. The van der Waals surface area contributed by atoms with Crippen molar-refractivity contribution >= 4 is 39.0 Å². The zero-order chi connectivity index (χ0) is 6.53. The predicted octanol–water partition coefficient (Wildman–Crippen LogP) is 3.71. The number of thiophene rings is 1. The molecular formula is C6H5BrS2. The average molecular weight is 221 g/mol. The Labute approximate surface area is 71.1 Å². The molecule has 0 spiro atoms. The molecule has 0 unspecified atom stereocenters. The van der Waals surface area contributed by atoms with Gasteiger partial charge in [-0.25, -0.2) is 0 Å². The van der Waals surface area contributed by atoms with Gasteiger partial charge in [0.05, 0.1) is 0 Å². The normalized spacial score (nSPS) is 10.8. The lowest BCUT2D eigenvalue weighted by Gasteiger charge is -1.82. The van der Waals surface area contributed by atoms with Gasteiger partial charge in [-0.1, -0.05) is 27.7 Å². The maximum Gasteiger partial charge on any atom is 0.0223 e. The highest BCUT2D eigenvalue weighted by Crippen LogP contribution is 2.21. The first kappa shape index (κ1) is 7.38. The summed E-state index contributed by atoms with van der Waals surface area (Å²) in [5.74, 6) is 0. The van der Waals surface area contributed by atoms with Crippen LogP contribution in [0.25, 0.3) is 0 Å². The topological polar surface area (TPSA) is 0 Å². The molecule has 0 aliphatic carbocycles. The Morgan fingerprint density at radius 2 is 2.56 bits per heavy atom. The van der Waals surface area contributed by atoms with Crippen molar-refractivity contribution in [1.29, 1.82) is 0 Å². The lowest BCUT2D eigenvalue weighted by molar-refractivity contribution is 1.61. The van der Waals surface area contributed by atoms with Crippen molar-refractivity contribution < 1.29 is 0 Å². The molecule has 1 heterocycles. The summed E-state index contributed by atoms with van der Waals surface area (Å²) >= 11 is 6.63. The molecule has 0 radical (unpaired) electrons. The summed E-state index contributed by atoms with van der Waals surface area (Å²) in [5, 5.41) is 6.20. The Hall–Kier alpha value is 0.270. The first-order valence-corrected chi connectivity index (χ1v) is 5.11. The molecule has 9 heavy (non-hydrogen) atoms. The van der Waals surface area contributed by atoms with Gasteiger partial charge in [0.1, 0.15) is 0 Å². The Kier molecular flexibility index (Phi) is 3.40. The van der Waals surface area contributed by atoms with E-state index in [1.165, 1.54) is 4.90 Å². The highest BCUT2D eigenvalue weighted by molar-refractivity contribution is 9.11. The quantitative estimate of drug-likeness (QED) is 0.686. The molecule has 0 N–H and O–H groups in total. The minimum Gasteiger partial charge on any atom is -0.151 e. The Morgan fingerprint density at radius 3 is 3.11 bits per heavy atom. The van der Waals surface area contributed by atoms with E-state index in [0.29, 0.717) is 0 Å². The molecule has 0 aromatic carbocycles. The fourth-order valence-electron chi connectivity index (χ4n) is 0.423. The highest BCUT2D eigenvalue weighted by Gasteiger charge is 1.86. The van der Waals surface area contributed by atoms with Gasteiger partial charge in [0.25, 0.3) is 0 Å². The summed E-state index contributed by atoms with van der Waals surface area (Å²) < 4.78 is 0. The molecular weight excluding hydrogens is 216 g/mol. The number of rotatable bonds is 2. The van der Waals surface area contributed by atoms with E-state index in [0.717, 1.165) is 0 Å². The van der Waals surface area contributed by atoms with Crippen LogP contribution in [0.4, 0.5) is 0 Å². The molecule has 0 bridgehead atoms. The second-order valence-electron chi connectivity index (χ2n) is 1.34. The third-order valence-corrected chi connectivity index (χ3v) is 3.00. The van der Waals surface area contributed by atoms with Crippen LogP contribution in [0.1, 0.15) is 0 Å². The molecule has 48 valence electrons. The van der Waals surface area contributed by atoms with Crippen molar-refractivity contribution in [2.24, 2.45) is 0 Å².